The number of fused-ring (bicyclic) bond motifs is 2. The van der Waals surface area contributed by atoms with Gasteiger partial charge in [0.25, 0.3) is 0 Å². The minimum atomic E-state index is -0.148. The average Bonchev–Trinajstić information content (AvgIpc) is 2.80. The molecule has 3 rings (SSSR count). The number of imide groups is 1. The first-order valence-electron chi connectivity index (χ1n) is 6.63. The number of hydrogen-bond donors (Lipinski definition) is 1. The first-order valence-corrected chi connectivity index (χ1v) is 6.63. The Morgan fingerprint density at radius 2 is 1.61 bits per heavy atom. The fraction of sp³-hybridized carbons (Fsp3) is 0.786. The molecule has 2 unspecified atom stereocenters. The third-order valence-corrected chi connectivity index (χ3v) is 5.34. The predicted molar refractivity (Wildman–Crippen MR) is 66.6 cm³/mol. The Morgan fingerprint density at radius 1 is 1.06 bits per heavy atom. The van der Waals surface area contributed by atoms with Crippen LogP contribution in [0.5, 0.6) is 0 Å². The Labute approximate surface area is 108 Å². The first-order chi connectivity index (χ1) is 8.27. The summed E-state index contributed by atoms with van der Waals surface area (Å²) in [4.78, 5) is 31.8. The van der Waals surface area contributed by atoms with Crippen LogP contribution in [0.3, 0.4) is 0 Å². The zero-order chi connectivity index (χ0) is 13.6. The molecule has 100 valence electrons. The summed E-state index contributed by atoms with van der Waals surface area (Å²) in [6.45, 7) is 6.67. The number of carbonyl (C=O) groups excluding carboxylic acids is 3. The Kier molecular flexibility index (Phi) is 3.07. The molecule has 2 saturated carbocycles. The van der Waals surface area contributed by atoms with Crippen molar-refractivity contribution in [2.24, 2.45) is 16.7 Å². The van der Waals surface area contributed by atoms with E-state index in [1.54, 1.807) is 0 Å². The van der Waals surface area contributed by atoms with Crippen molar-refractivity contribution in [3.8, 4) is 0 Å². The SMILES string of the molecule is CC12CCC(CC1=O)C2(C)C.O=C1CCC(=O)N1. The van der Waals surface area contributed by atoms with Gasteiger partial charge in [0.2, 0.25) is 11.8 Å². The van der Waals surface area contributed by atoms with Crippen LogP contribution in [0.4, 0.5) is 0 Å². The molecule has 0 aromatic heterocycles. The van der Waals surface area contributed by atoms with Crippen molar-refractivity contribution in [1.29, 1.82) is 0 Å². The van der Waals surface area contributed by atoms with Crippen LogP contribution in [-0.4, -0.2) is 17.6 Å². The molecule has 2 atom stereocenters. The second-order valence-corrected chi connectivity index (χ2v) is 6.39. The van der Waals surface area contributed by atoms with E-state index in [1.165, 1.54) is 6.42 Å². The summed E-state index contributed by atoms with van der Waals surface area (Å²) in [5.41, 5.74) is 0.307. The number of ketones is 1. The minimum absolute atomic E-state index is 0.0255. The number of hydrogen-bond acceptors (Lipinski definition) is 3. The zero-order valence-electron chi connectivity index (χ0n) is 11.3. The fourth-order valence-corrected chi connectivity index (χ4v) is 3.41. The van der Waals surface area contributed by atoms with Gasteiger partial charge in [-0.2, -0.15) is 0 Å². The molecule has 1 aliphatic heterocycles. The third kappa shape index (κ3) is 1.88. The standard InChI is InChI=1S/C10H16O.C4H5NO2/c1-9(2)7-4-5-10(9,3)8(11)6-7;6-3-1-2-4(7)5-3/h7H,4-6H2,1-3H3;1-2H2,(H,5,6,7). The molecule has 18 heavy (non-hydrogen) atoms. The highest BCUT2D eigenvalue weighted by molar-refractivity contribution is 6.01. The lowest BCUT2D eigenvalue weighted by Crippen LogP contribution is -2.32. The largest absolute Gasteiger partial charge is 0.299 e. The smallest absolute Gasteiger partial charge is 0.227 e. The van der Waals surface area contributed by atoms with Crippen LogP contribution in [0.15, 0.2) is 0 Å². The Bertz CT molecular complexity index is 399. The van der Waals surface area contributed by atoms with E-state index in [4.69, 9.17) is 0 Å². The van der Waals surface area contributed by atoms with Crippen LogP contribution in [0.2, 0.25) is 0 Å². The average molecular weight is 251 g/mol. The van der Waals surface area contributed by atoms with Crippen LogP contribution in [0.25, 0.3) is 0 Å². The molecule has 1 saturated heterocycles. The van der Waals surface area contributed by atoms with E-state index in [0.29, 0.717) is 24.5 Å². The van der Waals surface area contributed by atoms with Gasteiger partial charge in [0.15, 0.2) is 0 Å². The van der Waals surface area contributed by atoms with Gasteiger partial charge in [0.1, 0.15) is 5.78 Å². The van der Waals surface area contributed by atoms with Crippen molar-refractivity contribution in [3.63, 3.8) is 0 Å². The summed E-state index contributed by atoms with van der Waals surface area (Å²) in [5.74, 6) is 0.897. The molecule has 3 aliphatic rings. The van der Waals surface area contributed by atoms with Gasteiger partial charge in [-0.25, -0.2) is 0 Å². The van der Waals surface area contributed by atoms with Gasteiger partial charge in [-0.1, -0.05) is 20.8 Å². The normalized spacial score (nSPS) is 36.4. The second-order valence-electron chi connectivity index (χ2n) is 6.39. The second kappa shape index (κ2) is 4.18. The third-order valence-electron chi connectivity index (χ3n) is 5.34. The van der Waals surface area contributed by atoms with Crippen molar-refractivity contribution in [1.82, 2.24) is 5.32 Å². The van der Waals surface area contributed by atoms with Gasteiger partial charge >= 0.3 is 0 Å². The van der Waals surface area contributed by atoms with Crippen molar-refractivity contribution in [3.05, 3.63) is 0 Å². The lowest BCUT2D eigenvalue weighted by Gasteiger charge is -2.32. The van der Waals surface area contributed by atoms with E-state index < -0.39 is 0 Å². The molecule has 0 aromatic carbocycles. The monoisotopic (exact) mass is 251 g/mol. The lowest BCUT2D eigenvalue weighted by molar-refractivity contribution is -0.128. The highest BCUT2D eigenvalue weighted by atomic mass is 16.2. The molecule has 3 fully saturated rings. The van der Waals surface area contributed by atoms with Crippen LogP contribution < -0.4 is 5.32 Å². The van der Waals surface area contributed by atoms with Gasteiger partial charge in [0, 0.05) is 24.7 Å². The number of Topliss-reactive ketones (excluding diaryl/α,β-unsaturated/α-hetero) is 1. The maximum absolute atomic E-state index is 11.6. The van der Waals surface area contributed by atoms with E-state index in [-0.39, 0.29) is 22.6 Å². The number of nitrogens with one attached hydrogen (secondary N) is 1. The topological polar surface area (TPSA) is 63.2 Å². The molecule has 1 heterocycles. The zero-order valence-corrected chi connectivity index (χ0v) is 11.3. The van der Waals surface area contributed by atoms with Crippen LogP contribution in [-0.2, 0) is 14.4 Å². The van der Waals surface area contributed by atoms with Crippen LogP contribution in [0.1, 0.15) is 52.9 Å². The Morgan fingerprint density at radius 3 is 1.78 bits per heavy atom. The van der Waals surface area contributed by atoms with Gasteiger partial charge in [0.05, 0.1) is 0 Å². The maximum Gasteiger partial charge on any atom is 0.227 e. The van der Waals surface area contributed by atoms with Crippen LogP contribution in [0, 0.1) is 16.7 Å². The van der Waals surface area contributed by atoms with Gasteiger partial charge in [-0.15, -0.1) is 0 Å². The summed E-state index contributed by atoms with van der Waals surface area (Å²) < 4.78 is 0. The van der Waals surface area contributed by atoms with Gasteiger partial charge in [-0.05, 0) is 24.2 Å². The molecule has 1 N–H and O–H groups in total. The Balaban J connectivity index is 0.000000149. The Hall–Kier alpha value is -1.19. The number of carbonyl (C=O) groups is 3. The van der Waals surface area contributed by atoms with E-state index in [2.05, 4.69) is 26.1 Å². The minimum Gasteiger partial charge on any atom is -0.299 e. The molecule has 4 nitrogen and oxygen atoms in total. The van der Waals surface area contributed by atoms with Crippen molar-refractivity contribution in [2.45, 2.75) is 52.9 Å². The highest BCUT2D eigenvalue weighted by Gasteiger charge is 2.61. The summed E-state index contributed by atoms with van der Waals surface area (Å²) in [6.07, 6.45) is 4.00. The quantitative estimate of drug-likeness (QED) is 0.668. The summed E-state index contributed by atoms with van der Waals surface area (Å²) >= 11 is 0. The predicted octanol–water partition coefficient (Wildman–Crippen LogP) is 1.82. The molecular formula is C14H21NO3. The molecule has 0 radical (unpaired) electrons. The molecule has 2 bridgehead atoms. The number of amides is 2. The summed E-state index contributed by atoms with van der Waals surface area (Å²) in [6, 6.07) is 0. The molecule has 4 heteroatoms. The molecule has 2 amide bonds. The molecule has 0 spiro atoms. The van der Waals surface area contributed by atoms with Crippen LogP contribution >= 0.6 is 0 Å². The van der Waals surface area contributed by atoms with Crippen molar-refractivity contribution in [2.75, 3.05) is 0 Å². The van der Waals surface area contributed by atoms with Gasteiger partial charge < -0.3 is 0 Å². The van der Waals surface area contributed by atoms with Crippen molar-refractivity contribution >= 4 is 17.6 Å². The highest BCUT2D eigenvalue weighted by Crippen LogP contribution is 2.63. The van der Waals surface area contributed by atoms with Crippen molar-refractivity contribution < 1.29 is 14.4 Å². The maximum atomic E-state index is 11.6. The molecule has 0 aromatic rings. The fourth-order valence-electron chi connectivity index (χ4n) is 3.41. The summed E-state index contributed by atoms with van der Waals surface area (Å²) in [5, 5.41) is 2.14. The van der Waals surface area contributed by atoms with Gasteiger partial charge in [-0.3, -0.25) is 19.7 Å². The molecule has 2 aliphatic carbocycles. The first kappa shape index (κ1) is 13.2. The lowest BCUT2D eigenvalue weighted by atomic mass is 9.70. The van der Waals surface area contributed by atoms with E-state index >= 15 is 0 Å². The van der Waals surface area contributed by atoms with E-state index in [0.717, 1.165) is 12.8 Å². The van der Waals surface area contributed by atoms with E-state index in [9.17, 15) is 14.4 Å². The summed E-state index contributed by atoms with van der Waals surface area (Å²) in [7, 11) is 0. The molecular weight excluding hydrogens is 230 g/mol. The number of rotatable bonds is 0. The van der Waals surface area contributed by atoms with E-state index in [1.807, 2.05) is 0 Å².